The zero-order chi connectivity index (χ0) is 21.7. The lowest BCUT2D eigenvalue weighted by Crippen LogP contribution is -2.44. The summed E-state index contributed by atoms with van der Waals surface area (Å²) >= 11 is 0. The Balaban J connectivity index is 1.38. The number of ether oxygens (including phenoxy) is 1. The molecule has 0 aliphatic carbocycles. The maximum atomic E-state index is 12.9. The summed E-state index contributed by atoms with van der Waals surface area (Å²) in [5, 5.41) is 13.2. The van der Waals surface area contributed by atoms with Crippen LogP contribution >= 0.6 is 0 Å². The molecule has 2 N–H and O–H groups in total. The number of nitrogens with one attached hydrogen (secondary N) is 1. The molecule has 0 spiro atoms. The number of piperidine rings is 1. The van der Waals surface area contributed by atoms with Crippen LogP contribution in [0.4, 0.5) is 0 Å². The van der Waals surface area contributed by atoms with Crippen molar-refractivity contribution in [3.8, 4) is 17.1 Å². The highest BCUT2D eigenvalue weighted by Crippen LogP contribution is 2.32. The second kappa shape index (κ2) is 9.61. The number of benzene rings is 2. The fourth-order valence-electron chi connectivity index (χ4n) is 3.74. The molecule has 0 radical (unpaired) electrons. The van der Waals surface area contributed by atoms with E-state index in [4.69, 9.17) is 9.26 Å². The Kier molecular flexibility index (Phi) is 6.67. The van der Waals surface area contributed by atoms with Gasteiger partial charge in [0, 0.05) is 19.2 Å². The Labute approximate surface area is 181 Å². The van der Waals surface area contributed by atoms with Gasteiger partial charge in [0.1, 0.15) is 11.9 Å². The molecular formula is C22H25N3O5S. The van der Waals surface area contributed by atoms with Gasteiger partial charge >= 0.3 is 0 Å². The van der Waals surface area contributed by atoms with Gasteiger partial charge in [-0.25, -0.2) is 12.7 Å². The molecule has 4 rings (SSSR count). The van der Waals surface area contributed by atoms with Gasteiger partial charge in [0.05, 0.1) is 23.6 Å². The summed E-state index contributed by atoms with van der Waals surface area (Å²) in [6.07, 6.45) is 2.63. The SMILES string of the molecule is O=S(=O)(C[C@H](NO)c1ccccc1)N1CCC(Oc2ccccc2-c2ccno2)CC1. The summed E-state index contributed by atoms with van der Waals surface area (Å²) in [6.45, 7) is 0.731. The van der Waals surface area contributed by atoms with E-state index in [1.807, 2.05) is 42.5 Å². The first-order valence-corrected chi connectivity index (χ1v) is 11.8. The summed E-state index contributed by atoms with van der Waals surface area (Å²) in [4.78, 5) is 0. The zero-order valence-corrected chi connectivity index (χ0v) is 17.7. The molecule has 1 atom stereocenters. The minimum atomic E-state index is -3.55. The van der Waals surface area contributed by atoms with Gasteiger partial charge in [0.15, 0.2) is 5.76 Å². The first-order chi connectivity index (χ1) is 15.1. The van der Waals surface area contributed by atoms with E-state index in [0.717, 1.165) is 11.1 Å². The standard InChI is InChI=1S/C22H25N3O5S/c26-24-20(17-6-2-1-3-7-17)16-31(27,28)25-14-11-18(12-15-25)29-21-9-5-4-8-19(21)22-10-13-23-30-22/h1-10,13,18,20,24,26H,11-12,14-16H2/t20-/m0/s1. The van der Waals surface area contributed by atoms with E-state index in [0.29, 0.717) is 37.4 Å². The molecule has 1 saturated heterocycles. The van der Waals surface area contributed by atoms with E-state index >= 15 is 0 Å². The van der Waals surface area contributed by atoms with Gasteiger partial charge in [-0.2, -0.15) is 5.48 Å². The highest BCUT2D eigenvalue weighted by molar-refractivity contribution is 7.89. The van der Waals surface area contributed by atoms with Crippen LogP contribution in [0.5, 0.6) is 5.75 Å². The third-order valence-electron chi connectivity index (χ3n) is 5.41. The number of rotatable bonds is 8. The molecular weight excluding hydrogens is 418 g/mol. The molecule has 31 heavy (non-hydrogen) atoms. The highest BCUT2D eigenvalue weighted by Gasteiger charge is 2.31. The molecule has 0 saturated carbocycles. The maximum absolute atomic E-state index is 12.9. The monoisotopic (exact) mass is 443 g/mol. The number of hydrogen-bond acceptors (Lipinski definition) is 7. The summed E-state index contributed by atoms with van der Waals surface area (Å²) in [6, 6.07) is 17.7. The fraction of sp³-hybridized carbons (Fsp3) is 0.318. The van der Waals surface area contributed by atoms with E-state index in [1.165, 1.54) is 4.31 Å². The molecule has 1 fully saturated rings. The highest BCUT2D eigenvalue weighted by atomic mass is 32.2. The lowest BCUT2D eigenvalue weighted by Gasteiger charge is -2.32. The molecule has 1 aliphatic heterocycles. The Hall–Kier alpha value is -2.72. The van der Waals surface area contributed by atoms with Crippen LogP contribution in [0.1, 0.15) is 24.4 Å². The van der Waals surface area contributed by atoms with E-state index in [1.54, 1.807) is 24.4 Å². The Morgan fingerprint density at radius 2 is 1.81 bits per heavy atom. The van der Waals surface area contributed by atoms with Crippen molar-refractivity contribution in [2.75, 3.05) is 18.8 Å². The topological polar surface area (TPSA) is 105 Å². The van der Waals surface area contributed by atoms with Gasteiger partial charge in [0.25, 0.3) is 0 Å². The van der Waals surface area contributed by atoms with Crippen molar-refractivity contribution in [3.05, 3.63) is 72.4 Å². The molecule has 9 heteroatoms. The average molecular weight is 444 g/mol. The molecule has 0 unspecified atom stereocenters. The van der Waals surface area contributed by atoms with Gasteiger partial charge in [-0.05, 0) is 30.5 Å². The summed E-state index contributed by atoms with van der Waals surface area (Å²) < 4.78 is 38.7. The van der Waals surface area contributed by atoms with Crippen molar-refractivity contribution in [2.24, 2.45) is 0 Å². The molecule has 0 amide bonds. The van der Waals surface area contributed by atoms with E-state index in [9.17, 15) is 13.6 Å². The van der Waals surface area contributed by atoms with Crippen LogP contribution in [0.15, 0.2) is 71.4 Å². The number of para-hydroxylation sites is 1. The predicted octanol–water partition coefficient (Wildman–Crippen LogP) is 3.23. The van der Waals surface area contributed by atoms with Gasteiger partial charge in [-0.3, -0.25) is 0 Å². The van der Waals surface area contributed by atoms with Crippen LogP contribution in [0, 0.1) is 0 Å². The smallest absolute Gasteiger partial charge is 0.216 e. The fourth-order valence-corrected chi connectivity index (χ4v) is 5.41. The molecule has 164 valence electrons. The first kappa shape index (κ1) is 21.5. The van der Waals surface area contributed by atoms with Crippen LogP contribution in [-0.4, -0.2) is 48.0 Å². The number of nitrogens with zero attached hydrogens (tertiary/aromatic N) is 2. The predicted molar refractivity (Wildman–Crippen MR) is 115 cm³/mol. The summed E-state index contributed by atoms with van der Waals surface area (Å²) in [5.41, 5.74) is 3.66. The minimum Gasteiger partial charge on any atom is -0.490 e. The van der Waals surface area contributed by atoms with E-state index in [-0.39, 0.29) is 11.9 Å². The first-order valence-electron chi connectivity index (χ1n) is 10.2. The summed E-state index contributed by atoms with van der Waals surface area (Å²) in [5.74, 6) is 1.10. The second-order valence-electron chi connectivity index (χ2n) is 7.46. The van der Waals surface area contributed by atoms with Crippen molar-refractivity contribution in [2.45, 2.75) is 25.0 Å². The molecule has 2 aromatic carbocycles. The van der Waals surface area contributed by atoms with Crippen LogP contribution in [-0.2, 0) is 10.0 Å². The van der Waals surface area contributed by atoms with Crippen molar-refractivity contribution in [1.82, 2.24) is 14.9 Å². The van der Waals surface area contributed by atoms with Gasteiger partial charge in [-0.1, -0.05) is 47.6 Å². The van der Waals surface area contributed by atoms with Gasteiger partial charge < -0.3 is 14.5 Å². The normalized spacial score (nSPS) is 16.8. The molecule has 3 aromatic rings. The number of sulfonamides is 1. The Morgan fingerprint density at radius 1 is 1.10 bits per heavy atom. The lowest BCUT2D eigenvalue weighted by molar-refractivity contribution is 0.128. The second-order valence-corrected chi connectivity index (χ2v) is 9.47. The average Bonchev–Trinajstić information content (AvgIpc) is 3.34. The van der Waals surface area contributed by atoms with Crippen LogP contribution in [0.3, 0.4) is 0 Å². The van der Waals surface area contributed by atoms with Crippen molar-refractivity contribution < 1.29 is 22.9 Å². The number of aromatic nitrogens is 1. The molecule has 1 aliphatic rings. The largest absolute Gasteiger partial charge is 0.490 e. The van der Waals surface area contributed by atoms with Gasteiger partial charge in [-0.15, -0.1) is 0 Å². The van der Waals surface area contributed by atoms with Crippen LogP contribution in [0.2, 0.25) is 0 Å². The number of hydrogen-bond donors (Lipinski definition) is 2. The quantitative estimate of drug-likeness (QED) is 0.515. The van der Waals surface area contributed by atoms with Crippen molar-refractivity contribution >= 4 is 10.0 Å². The lowest BCUT2D eigenvalue weighted by atomic mass is 10.1. The summed E-state index contributed by atoms with van der Waals surface area (Å²) in [7, 11) is -3.55. The van der Waals surface area contributed by atoms with Crippen LogP contribution < -0.4 is 10.2 Å². The maximum Gasteiger partial charge on any atom is 0.216 e. The number of hydroxylamine groups is 1. The van der Waals surface area contributed by atoms with E-state index < -0.39 is 16.1 Å². The van der Waals surface area contributed by atoms with Crippen molar-refractivity contribution in [3.63, 3.8) is 0 Å². The van der Waals surface area contributed by atoms with Crippen LogP contribution in [0.25, 0.3) is 11.3 Å². The third-order valence-corrected chi connectivity index (χ3v) is 7.32. The zero-order valence-electron chi connectivity index (χ0n) is 16.9. The van der Waals surface area contributed by atoms with Gasteiger partial charge in [0.2, 0.25) is 10.0 Å². The minimum absolute atomic E-state index is 0.101. The Bertz CT molecular complexity index is 1070. The molecule has 1 aromatic heterocycles. The molecule has 2 heterocycles. The molecule has 8 nitrogen and oxygen atoms in total. The Morgan fingerprint density at radius 3 is 2.48 bits per heavy atom. The van der Waals surface area contributed by atoms with Crippen molar-refractivity contribution in [1.29, 1.82) is 0 Å². The van der Waals surface area contributed by atoms with E-state index in [2.05, 4.69) is 10.6 Å². The third kappa shape index (κ3) is 5.13. The molecule has 0 bridgehead atoms.